The molecule has 1 saturated carbocycles. The first-order chi connectivity index (χ1) is 10.3. The molecule has 2 atom stereocenters. The third-order valence-corrected chi connectivity index (χ3v) is 5.07. The standard InChI is InChI=1S/C16H28N2O3/c1-2-14-9-18(16(19)12-21-11-13-3-4-13)10-15(14)17-5-7-20-8-6-17/h13-15H,2-12H2,1H3/t14-,15+/m0/s1. The second kappa shape index (κ2) is 7.07. The molecule has 0 bridgehead atoms. The first kappa shape index (κ1) is 15.3. The van der Waals surface area contributed by atoms with Gasteiger partial charge in [0.15, 0.2) is 0 Å². The van der Waals surface area contributed by atoms with Crippen molar-refractivity contribution in [3.8, 4) is 0 Å². The zero-order chi connectivity index (χ0) is 14.7. The van der Waals surface area contributed by atoms with Crippen LogP contribution >= 0.6 is 0 Å². The van der Waals surface area contributed by atoms with Crippen LogP contribution in [0.3, 0.4) is 0 Å². The average Bonchev–Trinajstić information content (AvgIpc) is 3.24. The highest BCUT2D eigenvalue weighted by Crippen LogP contribution is 2.29. The van der Waals surface area contributed by atoms with E-state index in [0.717, 1.165) is 58.3 Å². The Kier molecular flexibility index (Phi) is 5.14. The topological polar surface area (TPSA) is 42.0 Å². The highest BCUT2D eigenvalue weighted by Gasteiger charge is 2.38. The van der Waals surface area contributed by atoms with Gasteiger partial charge in [0.2, 0.25) is 5.91 Å². The lowest BCUT2D eigenvalue weighted by Crippen LogP contribution is -2.47. The zero-order valence-electron chi connectivity index (χ0n) is 13.1. The fourth-order valence-electron chi connectivity index (χ4n) is 3.47. The van der Waals surface area contributed by atoms with Gasteiger partial charge in [-0.2, -0.15) is 0 Å². The predicted molar refractivity (Wildman–Crippen MR) is 80.1 cm³/mol. The monoisotopic (exact) mass is 296 g/mol. The number of ether oxygens (including phenoxy) is 2. The van der Waals surface area contributed by atoms with Crippen LogP contribution in [0, 0.1) is 11.8 Å². The first-order valence-corrected chi connectivity index (χ1v) is 8.45. The molecule has 0 unspecified atom stereocenters. The van der Waals surface area contributed by atoms with Crippen molar-refractivity contribution in [3.63, 3.8) is 0 Å². The Labute approximate surface area is 127 Å². The summed E-state index contributed by atoms with van der Waals surface area (Å²) in [6, 6.07) is 0.506. The van der Waals surface area contributed by atoms with Gasteiger partial charge in [-0.25, -0.2) is 0 Å². The summed E-state index contributed by atoms with van der Waals surface area (Å²) in [7, 11) is 0. The van der Waals surface area contributed by atoms with Crippen molar-refractivity contribution in [3.05, 3.63) is 0 Å². The minimum atomic E-state index is 0.171. The smallest absolute Gasteiger partial charge is 0.248 e. The van der Waals surface area contributed by atoms with Gasteiger partial charge >= 0.3 is 0 Å². The van der Waals surface area contributed by atoms with Gasteiger partial charge in [-0.1, -0.05) is 13.3 Å². The minimum absolute atomic E-state index is 0.171. The largest absolute Gasteiger partial charge is 0.379 e. The molecule has 3 aliphatic rings. The summed E-state index contributed by atoms with van der Waals surface area (Å²) in [4.78, 5) is 16.8. The molecule has 1 amide bonds. The van der Waals surface area contributed by atoms with Crippen LogP contribution in [0.5, 0.6) is 0 Å². The molecular formula is C16H28N2O3. The number of rotatable bonds is 6. The molecule has 2 heterocycles. The fraction of sp³-hybridized carbons (Fsp3) is 0.938. The van der Waals surface area contributed by atoms with Crippen LogP contribution in [0.1, 0.15) is 26.2 Å². The van der Waals surface area contributed by atoms with Crippen LogP contribution in [0.15, 0.2) is 0 Å². The summed E-state index contributed by atoms with van der Waals surface area (Å²) >= 11 is 0. The molecule has 5 heteroatoms. The van der Waals surface area contributed by atoms with Crippen LogP contribution in [0.4, 0.5) is 0 Å². The number of likely N-dealkylation sites (tertiary alicyclic amines) is 1. The van der Waals surface area contributed by atoms with Crippen molar-refractivity contribution in [2.45, 2.75) is 32.2 Å². The maximum absolute atomic E-state index is 12.3. The zero-order valence-corrected chi connectivity index (χ0v) is 13.1. The number of nitrogens with zero attached hydrogens (tertiary/aromatic N) is 2. The van der Waals surface area contributed by atoms with Gasteiger partial charge in [0.25, 0.3) is 0 Å². The number of hydrogen-bond acceptors (Lipinski definition) is 4. The molecule has 0 radical (unpaired) electrons. The minimum Gasteiger partial charge on any atom is -0.379 e. The molecule has 3 rings (SSSR count). The molecule has 5 nitrogen and oxygen atoms in total. The van der Waals surface area contributed by atoms with Crippen LogP contribution in [-0.4, -0.2) is 74.4 Å². The van der Waals surface area contributed by atoms with E-state index in [-0.39, 0.29) is 12.5 Å². The van der Waals surface area contributed by atoms with Crippen molar-refractivity contribution in [2.75, 3.05) is 52.6 Å². The molecule has 2 saturated heterocycles. The molecular weight excluding hydrogens is 268 g/mol. The number of carbonyl (C=O) groups excluding carboxylic acids is 1. The second-order valence-corrected chi connectivity index (χ2v) is 6.64. The Morgan fingerprint density at radius 2 is 2.00 bits per heavy atom. The van der Waals surface area contributed by atoms with Crippen molar-refractivity contribution >= 4 is 5.91 Å². The van der Waals surface area contributed by atoms with Gasteiger partial charge in [-0.05, 0) is 24.7 Å². The third kappa shape index (κ3) is 3.96. The number of carbonyl (C=O) groups is 1. The van der Waals surface area contributed by atoms with Gasteiger partial charge in [-0.15, -0.1) is 0 Å². The van der Waals surface area contributed by atoms with Crippen LogP contribution in [0.25, 0.3) is 0 Å². The lowest BCUT2D eigenvalue weighted by molar-refractivity contribution is -0.135. The molecule has 2 aliphatic heterocycles. The molecule has 3 fully saturated rings. The Balaban J connectivity index is 1.48. The second-order valence-electron chi connectivity index (χ2n) is 6.64. The lowest BCUT2D eigenvalue weighted by atomic mass is 9.99. The molecule has 0 spiro atoms. The van der Waals surface area contributed by atoms with Crippen molar-refractivity contribution in [1.82, 2.24) is 9.80 Å². The lowest BCUT2D eigenvalue weighted by Gasteiger charge is -2.34. The summed E-state index contributed by atoms with van der Waals surface area (Å²) < 4.78 is 11.0. The molecule has 0 aromatic carbocycles. The van der Waals surface area contributed by atoms with E-state index in [9.17, 15) is 4.79 Å². The van der Waals surface area contributed by atoms with Crippen molar-refractivity contribution in [1.29, 1.82) is 0 Å². The van der Waals surface area contributed by atoms with E-state index in [1.165, 1.54) is 12.8 Å². The van der Waals surface area contributed by atoms with Gasteiger partial charge < -0.3 is 14.4 Å². The first-order valence-electron chi connectivity index (χ1n) is 8.45. The fourth-order valence-corrected chi connectivity index (χ4v) is 3.47. The maximum atomic E-state index is 12.3. The van der Waals surface area contributed by atoms with E-state index in [0.29, 0.717) is 12.0 Å². The van der Waals surface area contributed by atoms with Gasteiger partial charge in [0.1, 0.15) is 6.61 Å². The Morgan fingerprint density at radius 1 is 1.24 bits per heavy atom. The van der Waals surface area contributed by atoms with Crippen LogP contribution in [0.2, 0.25) is 0 Å². The van der Waals surface area contributed by atoms with Crippen LogP contribution < -0.4 is 0 Å². The van der Waals surface area contributed by atoms with E-state index >= 15 is 0 Å². The Hall–Kier alpha value is -0.650. The van der Waals surface area contributed by atoms with Crippen molar-refractivity contribution < 1.29 is 14.3 Å². The van der Waals surface area contributed by atoms with E-state index in [2.05, 4.69) is 11.8 Å². The maximum Gasteiger partial charge on any atom is 0.248 e. The highest BCUT2D eigenvalue weighted by molar-refractivity contribution is 5.77. The van der Waals surface area contributed by atoms with E-state index in [1.54, 1.807) is 0 Å². The molecule has 0 N–H and O–H groups in total. The third-order valence-electron chi connectivity index (χ3n) is 5.07. The summed E-state index contributed by atoms with van der Waals surface area (Å²) in [5, 5.41) is 0. The van der Waals surface area contributed by atoms with Crippen LogP contribution in [-0.2, 0) is 14.3 Å². The number of amides is 1. The van der Waals surface area contributed by atoms with Gasteiger partial charge in [0.05, 0.1) is 19.8 Å². The number of hydrogen-bond donors (Lipinski definition) is 0. The Morgan fingerprint density at radius 3 is 2.67 bits per heavy atom. The van der Waals surface area contributed by atoms with E-state index in [1.807, 2.05) is 4.90 Å². The average molecular weight is 296 g/mol. The predicted octanol–water partition coefficient (Wildman–Crippen LogP) is 0.982. The summed E-state index contributed by atoms with van der Waals surface area (Å²) in [5.74, 6) is 1.49. The van der Waals surface area contributed by atoms with E-state index < -0.39 is 0 Å². The molecule has 0 aromatic rings. The highest BCUT2D eigenvalue weighted by atomic mass is 16.5. The molecule has 120 valence electrons. The molecule has 0 aromatic heterocycles. The molecule has 1 aliphatic carbocycles. The van der Waals surface area contributed by atoms with E-state index in [4.69, 9.17) is 9.47 Å². The van der Waals surface area contributed by atoms with Gasteiger partial charge in [0, 0.05) is 32.2 Å². The quantitative estimate of drug-likeness (QED) is 0.733. The normalized spacial score (nSPS) is 30.8. The summed E-state index contributed by atoms with van der Waals surface area (Å²) in [5.41, 5.74) is 0. The van der Waals surface area contributed by atoms with Crippen molar-refractivity contribution in [2.24, 2.45) is 11.8 Å². The molecule has 21 heavy (non-hydrogen) atoms. The summed E-state index contributed by atoms with van der Waals surface area (Å²) in [6.07, 6.45) is 3.68. The Bertz CT molecular complexity index is 353. The SMILES string of the molecule is CC[C@H]1CN(C(=O)COCC2CC2)C[C@H]1N1CCOCC1. The summed E-state index contributed by atoms with van der Waals surface area (Å²) in [6.45, 7) is 8.68. The van der Waals surface area contributed by atoms with Gasteiger partial charge in [-0.3, -0.25) is 9.69 Å². The number of morpholine rings is 1.